The van der Waals surface area contributed by atoms with Crippen molar-refractivity contribution < 1.29 is 9.53 Å². The summed E-state index contributed by atoms with van der Waals surface area (Å²) in [5, 5.41) is 0. The third-order valence-electron chi connectivity index (χ3n) is 2.83. The van der Waals surface area contributed by atoms with E-state index in [-0.39, 0.29) is 11.9 Å². The summed E-state index contributed by atoms with van der Waals surface area (Å²) in [4.78, 5) is 14.1. The second kappa shape index (κ2) is 5.62. The molecule has 0 saturated carbocycles. The first-order valence-electron chi connectivity index (χ1n) is 5.56. The third kappa shape index (κ3) is 2.86. The molecule has 1 aromatic rings. The molecular formula is C12H15BrN2O2. The summed E-state index contributed by atoms with van der Waals surface area (Å²) in [5.41, 5.74) is 6.34. The summed E-state index contributed by atoms with van der Waals surface area (Å²) in [6.07, 6.45) is 0. The highest BCUT2D eigenvalue weighted by Crippen LogP contribution is 2.16. The SMILES string of the molecule is NCC1COCCN1C(=O)c1cccc(Br)c1. The van der Waals surface area contributed by atoms with Crippen LogP contribution in [0.2, 0.25) is 0 Å². The van der Waals surface area contributed by atoms with Gasteiger partial charge in [0.05, 0.1) is 19.3 Å². The fourth-order valence-electron chi connectivity index (χ4n) is 1.90. The van der Waals surface area contributed by atoms with Crippen molar-refractivity contribution in [1.82, 2.24) is 4.90 Å². The zero-order valence-electron chi connectivity index (χ0n) is 9.43. The maximum absolute atomic E-state index is 12.3. The maximum Gasteiger partial charge on any atom is 0.254 e. The van der Waals surface area contributed by atoms with E-state index in [0.717, 1.165) is 4.47 Å². The summed E-state index contributed by atoms with van der Waals surface area (Å²) >= 11 is 3.37. The van der Waals surface area contributed by atoms with Crippen molar-refractivity contribution in [2.24, 2.45) is 5.73 Å². The number of benzene rings is 1. The molecule has 1 heterocycles. The smallest absolute Gasteiger partial charge is 0.254 e. The van der Waals surface area contributed by atoms with E-state index in [0.29, 0.717) is 31.9 Å². The largest absolute Gasteiger partial charge is 0.377 e. The number of nitrogens with zero attached hydrogens (tertiary/aromatic N) is 1. The van der Waals surface area contributed by atoms with Gasteiger partial charge in [-0.1, -0.05) is 22.0 Å². The fourth-order valence-corrected chi connectivity index (χ4v) is 2.30. The van der Waals surface area contributed by atoms with Crippen LogP contribution < -0.4 is 5.73 Å². The van der Waals surface area contributed by atoms with Crippen LogP contribution in [0.3, 0.4) is 0 Å². The Hall–Kier alpha value is -0.910. The highest BCUT2D eigenvalue weighted by Gasteiger charge is 2.26. The molecule has 5 heteroatoms. The molecule has 1 unspecified atom stereocenters. The number of hydrogen-bond donors (Lipinski definition) is 1. The molecule has 0 spiro atoms. The van der Waals surface area contributed by atoms with Gasteiger partial charge in [-0.05, 0) is 18.2 Å². The van der Waals surface area contributed by atoms with Crippen LogP contribution in [-0.2, 0) is 4.74 Å². The van der Waals surface area contributed by atoms with Gasteiger partial charge in [-0.2, -0.15) is 0 Å². The summed E-state index contributed by atoms with van der Waals surface area (Å²) in [7, 11) is 0. The Bertz CT molecular complexity index is 411. The number of hydrogen-bond acceptors (Lipinski definition) is 3. The molecule has 1 atom stereocenters. The van der Waals surface area contributed by atoms with Crippen LogP contribution in [0.5, 0.6) is 0 Å². The van der Waals surface area contributed by atoms with E-state index in [9.17, 15) is 4.79 Å². The minimum absolute atomic E-state index is 0.0183. The van der Waals surface area contributed by atoms with Gasteiger partial charge in [-0.25, -0.2) is 0 Å². The molecule has 1 aliphatic rings. The minimum Gasteiger partial charge on any atom is -0.377 e. The number of rotatable bonds is 2. The maximum atomic E-state index is 12.3. The summed E-state index contributed by atoms with van der Waals surface area (Å²) in [6, 6.07) is 7.38. The Labute approximate surface area is 109 Å². The number of nitrogens with two attached hydrogens (primary N) is 1. The Morgan fingerprint density at radius 1 is 1.59 bits per heavy atom. The molecule has 1 aliphatic heterocycles. The summed E-state index contributed by atoms with van der Waals surface area (Å²) < 4.78 is 6.23. The van der Waals surface area contributed by atoms with Gasteiger partial charge in [0.15, 0.2) is 0 Å². The number of morpholine rings is 1. The van der Waals surface area contributed by atoms with Gasteiger partial charge >= 0.3 is 0 Å². The standard InChI is InChI=1S/C12H15BrN2O2/c13-10-3-1-2-9(6-10)12(16)15-4-5-17-8-11(15)7-14/h1-3,6,11H,4-5,7-8,14H2. The van der Waals surface area contributed by atoms with E-state index in [1.54, 1.807) is 4.90 Å². The Morgan fingerprint density at radius 2 is 2.41 bits per heavy atom. The van der Waals surface area contributed by atoms with Gasteiger partial charge in [-0.3, -0.25) is 4.79 Å². The molecule has 0 aromatic heterocycles. The lowest BCUT2D eigenvalue weighted by atomic mass is 10.1. The average Bonchev–Trinajstić information content (AvgIpc) is 2.38. The molecule has 1 saturated heterocycles. The van der Waals surface area contributed by atoms with E-state index in [1.807, 2.05) is 24.3 Å². The van der Waals surface area contributed by atoms with Gasteiger partial charge in [0.25, 0.3) is 5.91 Å². The molecule has 1 amide bonds. The van der Waals surface area contributed by atoms with Gasteiger partial charge in [-0.15, -0.1) is 0 Å². The van der Waals surface area contributed by atoms with Crippen LogP contribution in [0.25, 0.3) is 0 Å². The van der Waals surface area contributed by atoms with Crippen LogP contribution in [0.4, 0.5) is 0 Å². The number of carbonyl (C=O) groups excluding carboxylic acids is 1. The van der Waals surface area contributed by atoms with Crippen LogP contribution in [0, 0.1) is 0 Å². The van der Waals surface area contributed by atoms with E-state index in [1.165, 1.54) is 0 Å². The monoisotopic (exact) mass is 298 g/mol. The number of halogens is 1. The van der Waals surface area contributed by atoms with Crippen LogP contribution in [0.1, 0.15) is 10.4 Å². The zero-order chi connectivity index (χ0) is 12.3. The van der Waals surface area contributed by atoms with Gasteiger partial charge in [0, 0.05) is 23.1 Å². The molecule has 4 nitrogen and oxygen atoms in total. The normalized spacial score (nSPS) is 20.4. The second-order valence-electron chi connectivity index (χ2n) is 3.97. The number of carbonyl (C=O) groups is 1. The molecule has 1 fully saturated rings. The van der Waals surface area contributed by atoms with Gasteiger partial charge in [0.2, 0.25) is 0 Å². The van der Waals surface area contributed by atoms with Crippen molar-refractivity contribution in [2.75, 3.05) is 26.3 Å². The van der Waals surface area contributed by atoms with Crippen molar-refractivity contribution in [3.63, 3.8) is 0 Å². The van der Waals surface area contributed by atoms with Crippen LogP contribution >= 0.6 is 15.9 Å². The van der Waals surface area contributed by atoms with Gasteiger partial charge < -0.3 is 15.4 Å². The lowest BCUT2D eigenvalue weighted by Gasteiger charge is -2.34. The van der Waals surface area contributed by atoms with Crippen molar-refractivity contribution in [3.05, 3.63) is 34.3 Å². The molecule has 92 valence electrons. The first-order chi connectivity index (χ1) is 8.22. The van der Waals surface area contributed by atoms with Crippen LogP contribution in [-0.4, -0.2) is 43.2 Å². The molecule has 2 N–H and O–H groups in total. The van der Waals surface area contributed by atoms with Gasteiger partial charge in [0.1, 0.15) is 0 Å². The van der Waals surface area contributed by atoms with Crippen molar-refractivity contribution in [2.45, 2.75) is 6.04 Å². The van der Waals surface area contributed by atoms with E-state index in [2.05, 4.69) is 15.9 Å². The fraction of sp³-hybridized carbons (Fsp3) is 0.417. The Morgan fingerprint density at radius 3 is 3.12 bits per heavy atom. The molecule has 1 aromatic carbocycles. The topological polar surface area (TPSA) is 55.6 Å². The zero-order valence-corrected chi connectivity index (χ0v) is 11.0. The lowest BCUT2D eigenvalue weighted by Crippen LogP contribution is -2.52. The van der Waals surface area contributed by atoms with E-state index < -0.39 is 0 Å². The first kappa shape index (κ1) is 12.5. The summed E-state index contributed by atoms with van der Waals surface area (Å²) in [5.74, 6) is 0.0186. The van der Waals surface area contributed by atoms with Crippen molar-refractivity contribution in [3.8, 4) is 0 Å². The first-order valence-corrected chi connectivity index (χ1v) is 6.36. The second-order valence-corrected chi connectivity index (χ2v) is 4.89. The highest BCUT2D eigenvalue weighted by atomic mass is 79.9. The number of amides is 1. The molecule has 0 aliphatic carbocycles. The Kier molecular flexibility index (Phi) is 4.15. The molecule has 0 bridgehead atoms. The van der Waals surface area contributed by atoms with E-state index >= 15 is 0 Å². The molecule has 2 rings (SSSR count). The predicted molar refractivity (Wildman–Crippen MR) is 68.8 cm³/mol. The van der Waals surface area contributed by atoms with Crippen molar-refractivity contribution >= 4 is 21.8 Å². The quantitative estimate of drug-likeness (QED) is 0.894. The average molecular weight is 299 g/mol. The summed E-state index contributed by atoms with van der Waals surface area (Å²) in [6.45, 7) is 2.14. The third-order valence-corrected chi connectivity index (χ3v) is 3.33. The predicted octanol–water partition coefficient (Wildman–Crippen LogP) is 1.25. The highest BCUT2D eigenvalue weighted by molar-refractivity contribution is 9.10. The van der Waals surface area contributed by atoms with Crippen molar-refractivity contribution in [1.29, 1.82) is 0 Å². The number of ether oxygens (including phenoxy) is 1. The lowest BCUT2D eigenvalue weighted by molar-refractivity contribution is 0.000836. The molecular weight excluding hydrogens is 284 g/mol. The molecule has 17 heavy (non-hydrogen) atoms. The van der Waals surface area contributed by atoms with E-state index in [4.69, 9.17) is 10.5 Å². The molecule has 0 radical (unpaired) electrons. The Balaban J connectivity index is 2.18. The van der Waals surface area contributed by atoms with Crippen LogP contribution in [0.15, 0.2) is 28.7 Å². The minimum atomic E-state index is -0.0183.